The molecule has 0 aliphatic rings. The summed E-state index contributed by atoms with van der Waals surface area (Å²) in [6.45, 7) is 5.50. The van der Waals surface area contributed by atoms with Gasteiger partial charge < -0.3 is 0 Å². The number of halogens is 6. The predicted octanol–water partition coefficient (Wildman–Crippen LogP) is 1.62. The molecule has 0 heterocycles. The van der Waals surface area contributed by atoms with Gasteiger partial charge in [0.25, 0.3) is 0 Å². The summed E-state index contributed by atoms with van der Waals surface area (Å²) < 4.78 is 59.2. The molecule has 0 saturated carbocycles. The molecule has 0 nitrogen and oxygen atoms in total. The summed E-state index contributed by atoms with van der Waals surface area (Å²) in [5, 5.41) is 0. The van der Waals surface area contributed by atoms with E-state index in [0.717, 1.165) is 6.42 Å². The zero-order chi connectivity index (χ0) is 9.12. The molecule has 0 aliphatic carbocycles. The molecular weight excluding hydrogens is 188 g/mol. The van der Waals surface area contributed by atoms with Crippen LogP contribution in [0.2, 0.25) is 0 Å². The first-order valence-electron chi connectivity index (χ1n) is 2.22. The molecule has 11 heavy (non-hydrogen) atoms. The number of hydrogen-bond acceptors (Lipinski definition) is 0. The third-order valence-corrected chi connectivity index (χ3v) is 0. The van der Waals surface area contributed by atoms with Crippen molar-refractivity contribution in [3.8, 4) is 0 Å². The monoisotopic (exact) mass is 195 g/mol. The van der Waals surface area contributed by atoms with E-state index in [4.69, 9.17) is 0 Å². The summed E-state index contributed by atoms with van der Waals surface area (Å²) in [5.41, 5.74) is 0. The standard InChI is InChI=1S/C3H7.F6P.Li/c1-3-2;1-7(2,3,4,5)6;/h1,3H2,2H3;;/q;-1;+1. The Hall–Kier alpha value is 0.607. The molecule has 0 N–H and O–H groups in total. The van der Waals surface area contributed by atoms with Crippen molar-refractivity contribution < 1.29 is 44.0 Å². The topological polar surface area (TPSA) is 0 Å². The van der Waals surface area contributed by atoms with Crippen molar-refractivity contribution in [2.45, 2.75) is 13.3 Å². The molecule has 0 aromatic rings. The van der Waals surface area contributed by atoms with Crippen molar-refractivity contribution in [2.24, 2.45) is 0 Å². The maximum atomic E-state index is 9.87. The van der Waals surface area contributed by atoms with Crippen LogP contribution in [0, 0.1) is 6.92 Å². The van der Waals surface area contributed by atoms with E-state index in [9.17, 15) is 25.2 Å². The van der Waals surface area contributed by atoms with Crippen molar-refractivity contribution in [1.29, 1.82) is 0 Å². The Kier molecular flexibility index (Phi) is 5.69. The van der Waals surface area contributed by atoms with Crippen LogP contribution in [0.15, 0.2) is 0 Å². The van der Waals surface area contributed by atoms with Crippen LogP contribution < -0.4 is 18.9 Å². The fourth-order valence-electron chi connectivity index (χ4n) is 0. The average Bonchev–Trinajstić information content (AvgIpc) is 1.20. The van der Waals surface area contributed by atoms with Crippen molar-refractivity contribution in [3.63, 3.8) is 0 Å². The van der Waals surface area contributed by atoms with Crippen LogP contribution >= 0.6 is 7.81 Å². The van der Waals surface area contributed by atoms with E-state index >= 15 is 0 Å². The minimum atomic E-state index is -10.7. The molecule has 0 spiro atoms. The minimum absolute atomic E-state index is 0. The fourth-order valence-corrected chi connectivity index (χ4v) is 0. The van der Waals surface area contributed by atoms with Crippen molar-refractivity contribution >= 4 is 7.81 Å². The van der Waals surface area contributed by atoms with E-state index in [0.29, 0.717) is 0 Å². The normalized spacial score (nSPS) is 16.4. The van der Waals surface area contributed by atoms with Crippen molar-refractivity contribution in [1.82, 2.24) is 0 Å². The molecule has 0 fully saturated rings. The average molecular weight is 195 g/mol. The number of hydrogen-bond donors (Lipinski definition) is 0. The van der Waals surface area contributed by atoms with Gasteiger partial charge in [-0.15, -0.1) is 0 Å². The van der Waals surface area contributed by atoms with E-state index in [1.54, 1.807) is 0 Å². The molecule has 0 atom stereocenters. The van der Waals surface area contributed by atoms with Crippen LogP contribution in [0.4, 0.5) is 25.2 Å². The van der Waals surface area contributed by atoms with E-state index in [-0.39, 0.29) is 18.9 Å². The third-order valence-electron chi connectivity index (χ3n) is 0. The van der Waals surface area contributed by atoms with Gasteiger partial charge in [0.1, 0.15) is 0 Å². The molecule has 1 radical (unpaired) electrons. The molecule has 0 rings (SSSR count). The van der Waals surface area contributed by atoms with E-state index in [1.807, 2.05) is 6.92 Å². The maximum absolute atomic E-state index is 10.7. The second-order valence-corrected chi connectivity index (χ2v) is 3.37. The summed E-state index contributed by atoms with van der Waals surface area (Å²) in [5.74, 6) is 0. The van der Waals surface area contributed by atoms with E-state index in [1.165, 1.54) is 0 Å². The van der Waals surface area contributed by atoms with Gasteiger partial charge in [0, 0.05) is 0 Å². The summed E-state index contributed by atoms with van der Waals surface area (Å²) in [7, 11) is -10.7. The Bertz CT molecular complexity index is 87.2. The molecular formula is C3H7F6LiP. The second-order valence-electron chi connectivity index (χ2n) is 1.46. The third kappa shape index (κ3) is 2130. The zero-order valence-corrected chi connectivity index (χ0v) is 7.02. The van der Waals surface area contributed by atoms with E-state index < -0.39 is 7.81 Å². The van der Waals surface area contributed by atoms with Gasteiger partial charge in [0.05, 0.1) is 0 Å². The molecule has 0 bridgehead atoms. The molecule has 0 saturated heterocycles. The van der Waals surface area contributed by atoms with Crippen LogP contribution in [-0.2, 0) is 0 Å². The molecule has 0 aromatic heterocycles. The smallest absolute Gasteiger partial charge is 0.0654 e. The Labute approximate surface area is 72.8 Å². The van der Waals surface area contributed by atoms with Crippen molar-refractivity contribution in [3.05, 3.63) is 6.92 Å². The summed E-state index contributed by atoms with van der Waals surface area (Å²) in [4.78, 5) is 0. The molecule has 67 valence electrons. The van der Waals surface area contributed by atoms with Gasteiger partial charge in [-0.05, 0) is 0 Å². The molecule has 8 heteroatoms. The van der Waals surface area contributed by atoms with Gasteiger partial charge in [-0.25, -0.2) is 0 Å². The van der Waals surface area contributed by atoms with Gasteiger partial charge in [0.15, 0.2) is 0 Å². The predicted molar refractivity (Wildman–Crippen MR) is 29.2 cm³/mol. The van der Waals surface area contributed by atoms with Crippen molar-refractivity contribution in [2.75, 3.05) is 0 Å². The van der Waals surface area contributed by atoms with Crippen LogP contribution in [-0.4, -0.2) is 0 Å². The van der Waals surface area contributed by atoms with Crippen LogP contribution in [0.3, 0.4) is 0 Å². The first-order valence-corrected chi connectivity index (χ1v) is 4.25. The minimum Gasteiger partial charge on any atom is -0.0654 e. The van der Waals surface area contributed by atoms with Gasteiger partial charge in [-0.3, -0.25) is 0 Å². The van der Waals surface area contributed by atoms with Gasteiger partial charge >= 0.3 is 51.9 Å². The zero-order valence-electron chi connectivity index (χ0n) is 6.13. The summed E-state index contributed by atoms with van der Waals surface area (Å²) >= 11 is 0. The Morgan fingerprint density at radius 1 is 1.00 bits per heavy atom. The van der Waals surface area contributed by atoms with E-state index in [2.05, 4.69) is 6.92 Å². The number of rotatable bonds is 0. The van der Waals surface area contributed by atoms with Gasteiger partial charge in [-0.1, -0.05) is 20.3 Å². The molecule has 0 unspecified atom stereocenters. The second kappa shape index (κ2) is 3.55. The molecule has 0 amide bonds. The van der Waals surface area contributed by atoms with Gasteiger partial charge in [-0.2, -0.15) is 0 Å². The molecule has 0 aromatic carbocycles. The van der Waals surface area contributed by atoms with Gasteiger partial charge in [0.2, 0.25) is 0 Å². The quantitative estimate of drug-likeness (QED) is 0.313. The largest absolute Gasteiger partial charge is 1.00 e. The maximum Gasteiger partial charge on any atom is 1.00 e. The summed E-state index contributed by atoms with van der Waals surface area (Å²) in [6.07, 6.45) is 1.00. The Balaban J connectivity index is -0.000000140. The Morgan fingerprint density at radius 2 is 1.00 bits per heavy atom. The van der Waals surface area contributed by atoms with Crippen LogP contribution in [0.5, 0.6) is 0 Å². The van der Waals surface area contributed by atoms with Crippen LogP contribution in [0.25, 0.3) is 0 Å². The fraction of sp³-hybridized carbons (Fsp3) is 0.667. The first-order chi connectivity index (χ1) is 3.86. The molecule has 0 aliphatic heterocycles. The van der Waals surface area contributed by atoms with Crippen LogP contribution in [0.1, 0.15) is 13.3 Å². The SMILES string of the molecule is F[P-](F)(F)(F)(F)F.[CH2]CC.[Li+]. The first kappa shape index (κ1) is 17.6. The Morgan fingerprint density at radius 3 is 1.00 bits per heavy atom. The summed E-state index contributed by atoms with van der Waals surface area (Å²) in [6, 6.07) is 0.